The maximum atomic E-state index is 13.8. The highest BCUT2D eigenvalue weighted by Gasteiger charge is 2.16. The fraction of sp³-hybridized carbons (Fsp3) is 0.435. The number of piperidine rings is 1. The molecule has 3 rings (SSSR count). The minimum atomic E-state index is -0.384. The van der Waals surface area contributed by atoms with Crippen LogP contribution in [-0.2, 0) is 11.3 Å². The minimum absolute atomic E-state index is 0.0592. The van der Waals surface area contributed by atoms with Gasteiger partial charge in [0.1, 0.15) is 6.54 Å². The molecule has 0 spiro atoms. The largest absolute Gasteiger partial charge is 0.494 e. The molecular weight excluding hydrogens is 369 g/mol. The maximum Gasteiger partial charge on any atom is 0.279 e. The predicted molar refractivity (Wildman–Crippen MR) is 114 cm³/mol. The number of hydrogen-bond acceptors (Lipinski definition) is 3. The van der Waals surface area contributed by atoms with Gasteiger partial charge >= 0.3 is 0 Å². The molecule has 2 aromatic rings. The van der Waals surface area contributed by atoms with Crippen molar-refractivity contribution in [3.8, 4) is 5.75 Å². The number of carbonyl (C=O) groups is 1. The summed E-state index contributed by atoms with van der Waals surface area (Å²) in [7, 11) is 3.36. The zero-order chi connectivity index (χ0) is 20.8. The SMILES string of the molecule is COc1ccc(C[NH+](C)CC(=O)Nc2ccc(N3CCC(C)CC3)cc2)cc1F. The number of hydrogen-bond donors (Lipinski definition) is 2. The number of quaternary nitrogens is 1. The Morgan fingerprint density at radius 3 is 2.52 bits per heavy atom. The van der Waals surface area contributed by atoms with Gasteiger partial charge in [-0.3, -0.25) is 4.79 Å². The number of likely N-dealkylation sites (N-methyl/N-ethyl adjacent to an activating group) is 1. The topological polar surface area (TPSA) is 46.0 Å². The van der Waals surface area contributed by atoms with Crippen LogP contribution in [0.15, 0.2) is 42.5 Å². The molecule has 1 atom stereocenters. The number of rotatable bonds is 7. The predicted octanol–water partition coefficient (Wildman–Crippen LogP) is 2.72. The van der Waals surface area contributed by atoms with E-state index in [1.807, 2.05) is 25.2 Å². The molecule has 2 aromatic carbocycles. The molecule has 0 bridgehead atoms. The van der Waals surface area contributed by atoms with Gasteiger partial charge in [-0.2, -0.15) is 0 Å². The van der Waals surface area contributed by atoms with E-state index in [4.69, 9.17) is 4.74 Å². The Kier molecular flexibility index (Phi) is 7.09. The van der Waals surface area contributed by atoms with Gasteiger partial charge in [-0.25, -0.2) is 4.39 Å². The lowest BCUT2D eigenvalue weighted by Gasteiger charge is -2.32. The molecule has 1 amide bonds. The quantitative estimate of drug-likeness (QED) is 0.751. The normalized spacial score (nSPS) is 15.8. The van der Waals surface area contributed by atoms with Gasteiger partial charge in [0.05, 0.1) is 14.2 Å². The molecule has 1 heterocycles. The zero-order valence-corrected chi connectivity index (χ0v) is 17.5. The van der Waals surface area contributed by atoms with Crippen LogP contribution in [0.3, 0.4) is 0 Å². The fourth-order valence-corrected chi connectivity index (χ4v) is 3.73. The number of amides is 1. The lowest BCUT2D eigenvalue weighted by molar-refractivity contribution is -0.885. The first-order chi connectivity index (χ1) is 13.9. The summed E-state index contributed by atoms with van der Waals surface area (Å²) in [5.74, 6) is 0.590. The summed E-state index contributed by atoms with van der Waals surface area (Å²) < 4.78 is 18.8. The zero-order valence-electron chi connectivity index (χ0n) is 17.5. The Labute approximate surface area is 172 Å². The van der Waals surface area contributed by atoms with Crippen LogP contribution in [0, 0.1) is 11.7 Å². The third-order valence-corrected chi connectivity index (χ3v) is 5.48. The van der Waals surface area contributed by atoms with Gasteiger partial charge in [0, 0.05) is 30.0 Å². The standard InChI is InChI=1S/C23H30FN3O2/c1-17-10-12-27(13-11-17)20-7-5-19(6-8-20)25-23(28)16-26(2)15-18-4-9-22(29-3)21(24)14-18/h4-9,14,17H,10-13,15-16H2,1-3H3,(H,25,28)/p+1. The van der Waals surface area contributed by atoms with Crippen LogP contribution in [0.25, 0.3) is 0 Å². The van der Waals surface area contributed by atoms with E-state index >= 15 is 0 Å². The second-order valence-electron chi connectivity index (χ2n) is 8.04. The van der Waals surface area contributed by atoms with Crippen molar-refractivity contribution in [1.29, 1.82) is 0 Å². The Morgan fingerprint density at radius 2 is 1.90 bits per heavy atom. The molecule has 29 heavy (non-hydrogen) atoms. The van der Waals surface area contributed by atoms with Gasteiger partial charge in [0.25, 0.3) is 5.91 Å². The molecule has 0 saturated carbocycles. The molecule has 6 heteroatoms. The van der Waals surface area contributed by atoms with Gasteiger partial charge in [-0.15, -0.1) is 0 Å². The summed E-state index contributed by atoms with van der Waals surface area (Å²) in [5, 5.41) is 2.95. The average molecular weight is 401 g/mol. The Hall–Kier alpha value is -2.60. The maximum absolute atomic E-state index is 13.8. The molecule has 0 aromatic heterocycles. The first-order valence-electron chi connectivity index (χ1n) is 10.2. The second-order valence-corrected chi connectivity index (χ2v) is 8.04. The van der Waals surface area contributed by atoms with Crippen molar-refractivity contribution in [2.24, 2.45) is 5.92 Å². The highest BCUT2D eigenvalue weighted by molar-refractivity contribution is 5.91. The number of carbonyl (C=O) groups excluding carboxylic acids is 1. The van der Waals surface area contributed by atoms with Crippen molar-refractivity contribution < 1.29 is 18.8 Å². The van der Waals surface area contributed by atoms with Crippen molar-refractivity contribution >= 4 is 17.3 Å². The minimum Gasteiger partial charge on any atom is -0.494 e. The van der Waals surface area contributed by atoms with Crippen LogP contribution in [0.4, 0.5) is 15.8 Å². The van der Waals surface area contributed by atoms with Gasteiger partial charge in [-0.1, -0.05) is 6.92 Å². The molecule has 1 aliphatic heterocycles. The second kappa shape index (κ2) is 9.74. The van der Waals surface area contributed by atoms with Crippen molar-refractivity contribution in [2.75, 3.05) is 44.0 Å². The molecule has 1 aliphatic rings. The van der Waals surface area contributed by atoms with Crippen molar-refractivity contribution in [1.82, 2.24) is 0 Å². The van der Waals surface area contributed by atoms with E-state index in [9.17, 15) is 9.18 Å². The lowest BCUT2D eigenvalue weighted by atomic mass is 9.99. The number of benzene rings is 2. The lowest BCUT2D eigenvalue weighted by Crippen LogP contribution is -3.08. The van der Waals surface area contributed by atoms with Gasteiger partial charge in [0.2, 0.25) is 0 Å². The first kappa shape index (κ1) is 21.1. The van der Waals surface area contributed by atoms with E-state index in [1.54, 1.807) is 6.07 Å². The highest BCUT2D eigenvalue weighted by Crippen LogP contribution is 2.24. The van der Waals surface area contributed by atoms with Crippen molar-refractivity contribution in [2.45, 2.75) is 26.3 Å². The van der Waals surface area contributed by atoms with Gasteiger partial charge in [-0.05, 0) is 61.2 Å². The van der Waals surface area contributed by atoms with E-state index in [0.29, 0.717) is 13.1 Å². The fourth-order valence-electron chi connectivity index (χ4n) is 3.73. The number of halogens is 1. The molecule has 1 unspecified atom stereocenters. The number of nitrogens with one attached hydrogen (secondary N) is 2. The summed E-state index contributed by atoms with van der Waals surface area (Å²) in [6.07, 6.45) is 2.46. The van der Waals surface area contributed by atoms with E-state index in [0.717, 1.165) is 35.2 Å². The van der Waals surface area contributed by atoms with Crippen LogP contribution in [0.5, 0.6) is 5.75 Å². The van der Waals surface area contributed by atoms with Gasteiger partial charge in [0.15, 0.2) is 18.1 Å². The van der Waals surface area contributed by atoms with Crippen LogP contribution >= 0.6 is 0 Å². The monoisotopic (exact) mass is 400 g/mol. The first-order valence-corrected chi connectivity index (χ1v) is 10.2. The molecule has 0 radical (unpaired) electrons. The summed E-state index contributed by atoms with van der Waals surface area (Å²) in [5.41, 5.74) is 2.83. The molecule has 5 nitrogen and oxygen atoms in total. The van der Waals surface area contributed by atoms with E-state index in [2.05, 4.69) is 29.3 Å². The van der Waals surface area contributed by atoms with Crippen LogP contribution in [-0.4, -0.2) is 39.7 Å². The summed E-state index contributed by atoms with van der Waals surface area (Å²) >= 11 is 0. The molecular formula is C23H31FN3O2+. The molecule has 0 aliphatic carbocycles. The summed E-state index contributed by atoms with van der Waals surface area (Å²) in [6.45, 7) is 5.35. The smallest absolute Gasteiger partial charge is 0.279 e. The van der Waals surface area contributed by atoms with E-state index < -0.39 is 0 Å². The third kappa shape index (κ3) is 5.94. The summed E-state index contributed by atoms with van der Waals surface area (Å²) in [6, 6.07) is 13.0. The van der Waals surface area contributed by atoms with Crippen molar-refractivity contribution in [3.63, 3.8) is 0 Å². The Morgan fingerprint density at radius 1 is 1.21 bits per heavy atom. The number of anilines is 2. The van der Waals surface area contributed by atoms with E-state index in [-0.39, 0.29) is 17.5 Å². The molecule has 156 valence electrons. The third-order valence-electron chi connectivity index (χ3n) is 5.48. The molecule has 1 saturated heterocycles. The number of methoxy groups -OCH3 is 1. The number of nitrogens with zero attached hydrogens (tertiary/aromatic N) is 1. The number of ether oxygens (including phenoxy) is 1. The van der Waals surface area contributed by atoms with Crippen LogP contribution in [0.1, 0.15) is 25.3 Å². The Balaban J connectivity index is 1.49. The molecule has 2 N–H and O–H groups in total. The van der Waals surface area contributed by atoms with Crippen LogP contribution in [0.2, 0.25) is 0 Å². The van der Waals surface area contributed by atoms with Gasteiger partial charge < -0.3 is 19.9 Å². The highest BCUT2D eigenvalue weighted by atomic mass is 19.1. The summed E-state index contributed by atoms with van der Waals surface area (Å²) in [4.78, 5) is 15.7. The Bertz CT molecular complexity index is 817. The van der Waals surface area contributed by atoms with Crippen molar-refractivity contribution in [3.05, 3.63) is 53.8 Å². The average Bonchev–Trinajstić information content (AvgIpc) is 2.69. The molecule has 1 fully saturated rings. The van der Waals surface area contributed by atoms with Crippen LogP contribution < -0.4 is 19.9 Å². The van der Waals surface area contributed by atoms with E-state index in [1.165, 1.54) is 31.7 Å².